The van der Waals surface area contributed by atoms with E-state index < -0.39 is 0 Å². The van der Waals surface area contributed by atoms with Crippen LogP contribution in [0.5, 0.6) is 11.5 Å². The van der Waals surface area contributed by atoms with Crippen molar-refractivity contribution >= 4 is 28.8 Å². The summed E-state index contributed by atoms with van der Waals surface area (Å²) < 4.78 is 10.7. The molecule has 0 aliphatic rings. The zero-order chi connectivity index (χ0) is 20.8. The summed E-state index contributed by atoms with van der Waals surface area (Å²) in [5.41, 5.74) is 1.81. The van der Waals surface area contributed by atoms with E-state index >= 15 is 0 Å². The fraction of sp³-hybridized carbons (Fsp3) is 0.182. The molecule has 3 aromatic rings. The van der Waals surface area contributed by atoms with Crippen molar-refractivity contribution in [2.24, 2.45) is 0 Å². The predicted molar refractivity (Wildman–Crippen MR) is 114 cm³/mol. The highest BCUT2D eigenvalue weighted by atomic mass is 32.1. The molecule has 150 valence electrons. The monoisotopic (exact) mass is 410 g/mol. The minimum atomic E-state index is -0.308. The lowest BCUT2D eigenvalue weighted by molar-refractivity contribution is 0.0938. The molecule has 0 saturated heterocycles. The van der Waals surface area contributed by atoms with E-state index in [1.54, 1.807) is 56.7 Å². The van der Waals surface area contributed by atoms with Gasteiger partial charge >= 0.3 is 0 Å². The third kappa shape index (κ3) is 4.94. The number of thiophene rings is 1. The molecule has 0 bridgehead atoms. The minimum absolute atomic E-state index is 0.202. The van der Waals surface area contributed by atoms with Gasteiger partial charge < -0.3 is 20.1 Å². The van der Waals surface area contributed by atoms with Crippen LogP contribution in [0, 0.1) is 0 Å². The molecule has 1 aromatic heterocycles. The first-order chi connectivity index (χ1) is 14.0. The quantitative estimate of drug-likeness (QED) is 0.601. The highest BCUT2D eigenvalue weighted by Gasteiger charge is 2.17. The van der Waals surface area contributed by atoms with E-state index in [1.807, 2.05) is 24.4 Å². The smallest absolute Gasteiger partial charge is 0.265 e. The van der Waals surface area contributed by atoms with Gasteiger partial charge in [-0.3, -0.25) is 9.59 Å². The van der Waals surface area contributed by atoms with Crippen LogP contribution in [-0.4, -0.2) is 26.0 Å². The second-order valence-corrected chi connectivity index (χ2v) is 7.26. The fourth-order valence-corrected chi connectivity index (χ4v) is 3.49. The van der Waals surface area contributed by atoms with Gasteiger partial charge in [0.25, 0.3) is 11.8 Å². The lowest BCUT2D eigenvalue weighted by Gasteiger charge is -2.18. The van der Waals surface area contributed by atoms with Gasteiger partial charge in [-0.05, 0) is 54.8 Å². The molecule has 0 aliphatic carbocycles. The first-order valence-corrected chi connectivity index (χ1v) is 9.87. The second kappa shape index (κ2) is 9.25. The van der Waals surface area contributed by atoms with Crippen molar-refractivity contribution in [2.75, 3.05) is 19.5 Å². The van der Waals surface area contributed by atoms with Crippen LogP contribution in [0.3, 0.4) is 0 Å². The van der Waals surface area contributed by atoms with Crippen LogP contribution < -0.4 is 20.1 Å². The van der Waals surface area contributed by atoms with Crippen molar-refractivity contribution in [3.05, 3.63) is 76.0 Å². The maximum atomic E-state index is 12.8. The number of anilines is 1. The van der Waals surface area contributed by atoms with Gasteiger partial charge in [0.2, 0.25) is 0 Å². The molecule has 1 heterocycles. The van der Waals surface area contributed by atoms with E-state index in [9.17, 15) is 9.59 Å². The minimum Gasteiger partial charge on any atom is -0.497 e. The van der Waals surface area contributed by atoms with Crippen molar-refractivity contribution in [2.45, 2.75) is 13.0 Å². The van der Waals surface area contributed by atoms with E-state index in [4.69, 9.17) is 9.47 Å². The predicted octanol–water partition coefficient (Wildman–Crippen LogP) is 4.51. The van der Waals surface area contributed by atoms with Gasteiger partial charge in [0.15, 0.2) is 0 Å². The summed E-state index contributed by atoms with van der Waals surface area (Å²) in [7, 11) is 3.17. The molecule has 0 aliphatic heterocycles. The third-order valence-corrected chi connectivity index (χ3v) is 5.25. The molecular weight excluding hydrogens is 388 g/mol. The Morgan fingerprint density at radius 3 is 2.48 bits per heavy atom. The largest absolute Gasteiger partial charge is 0.497 e. The Labute approximate surface area is 173 Å². The number of methoxy groups -OCH3 is 2. The molecular formula is C22H22N2O4S. The van der Waals surface area contributed by atoms with Crippen LogP contribution in [-0.2, 0) is 0 Å². The zero-order valence-electron chi connectivity index (χ0n) is 16.4. The van der Waals surface area contributed by atoms with Crippen LogP contribution in [0.15, 0.2) is 60.0 Å². The summed E-state index contributed by atoms with van der Waals surface area (Å²) in [5, 5.41) is 7.61. The van der Waals surface area contributed by atoms with Crippen molar-refractivity contribution in [1.82, 2.24) is 5.32 Å². The standard InChI is InChI=1S/C22H22N2O4S/c1-14(18-13-17(27-2)9-10-19(18)28-3)23-21(25)15-6-4-7-16(12-15)24-22(26)20-8-5-11-29-20/h4-14H,1-3H3,(H,23,25)(H,24,26)/t14-/m0/s1. The summed E-state index contributed by atoms with van der Waals surface area (Å²) in [4.78, 5) is 25.6. The van der Waals surface area contributed by atoms with E-state index in [-0.39, 0.29) is 17.9 Å². The molecule has 0 saturated carbocycles. The summed E-state index contributed by atoms with van der Waals surface area (Å²) in [6, 6.07) is 15.5. The molecule has 2 N–H and O–H groups in total. The Hall–Kier alpha value is -3.32. The average molecular weight is 410 g/mol. The molecule has 0 unspecified atom stereocenters. The molecule has 1 atom stereocenters. The highest BCUT2D eigenvalue weighted by Crippen LogP contribution is 2.29. The van der Waals surface area contributed by atoms with Crippen LogP contribution in [0.25, 0.3) is 0 Å². The van der Waals surface area contributed by atoms with E-state index in [2.05, 4.69) is 10.6 Å². The van der Waals surface area contributed by atoms with Gasteiger partial charge in [0, 0.05) is 16.8 Å². The van der Waals surface area contributed by atoms with Gasteiger partial charge in [-0.2, -0.15) is 0 Å². The lowest BCUT2D eigenvalue weighted by Crippen LogP contribution is -2.27. The van der Waals surface area contributed by atoms with E-state index in [1.165, 1.54) is 11.3 Å². The Kier molecular flexibility index (Phi) is 6.51. The second-order valence-electron chi connectivity index (χ2n) is 6.32. The van der Waals surface area contributed by atoms with Crippen molar-refractivity contribution in [1.29, 1.82) is 0 Å². The Morgan fingerprint density at radius 2 is 1.79 bits per heavy atom. The molecule has 0 spiro atoms. The van der Waals surface area contributed by atoms with Crippen LogP contribution in [0.1, 0.15) is 38.6 Å². The number of benzene rings is 2. The summed E-state index contributed by atoms with van der Waals surface area (Å²) in [6.45, 7) is 1.87. The molecule has 2 amide bonds. The summed E-state index contributed by atoms with van der Waals surface area (Å²) in [6.07, 6.45) is 0. The Bertz CT molecular complexity index is 1000. The molecule has 7 heteroatoms. The van der Waals surface area contributed by atoms with Crippen molar-refractivity contribution in [3.63, 3.8) is 0 Å². The number of rotatable bonds is 7. The summed E-state index contributed by atoms with van der Waals surface area (Å²) >= 11 is 1.36. The molecule has 2 aromatic carbocycles. The first kappa shape index (κ1) is 20.4. The van der Waals surface area contributed by atoms with Gasteiger partial charge in [-0.25, -0.2) is 0 Å². The Balaban J connectivity index is 1.73. The normalized spacial score (nSPS) is 11.4. The Morgan fingerprint density at radius 1 is 0.966 bits per heavy atom. The molecule has 29 heavy (non-hydrogen) atoms. The molecule has 6 nitrogen and oxygen atoms in total. The van der Waals surface area contributed by atoms with Gasteiger partial charge in [0.05, 0.1) is 25.1 Å². The number of carbonyl (C=O) groups is 2. The number of amides is 2. The number of ether oxygens (including phenoxy) is 2. The molecule has 0 fully saturated rings. The SMILES string of the molecule is COc1ccc(OC)c([C@H](C)NC(=O)c2cccc(NC(=O)c3cccs3)c2)c1. The maximum Gasteiger partial charge on any atom is 0.265 e. The topological polar surface area (TPSA) is 76.7 Å². The zero-order valence-corrected chi connectivity index (χ0v) is 17.2. The van der Waals surface area contributed by atoms with Crippen LogP contribution in [0.4, 0.5) is 5.69 Å². The first-order valence-electron chi connectivity index (χ1n) is 8.99. The lowest BCUT2D eigenvalue weighted by atomic mass is 10.1. The number of nitrogens with one attached hydrogen (secondary N) is 2. The number of hydrogen-bond acceptors (Lipinski definition) is 5. The van der Waals surface area contributed by atoms with Gasteiger partial charge in [0.1, 0.15) is 11.5 Å². The maximum absolute atomic E-state index is 12.8. The van der Waals surface area contributed by atoms with Crippen LogP contribution >= 0.6 is 11.3 Å². The molecule has 0 radical (unpaired) electrons. The summed E-state index contributed by atoms with van der Waals surface area (Å²) in [5.74, 6) is 0.886. The van der Waals surface area contributed by atoms with E-state index in [0.29, 0.717) is 27.6 Å². The number of hydrogen-bond donors (Lipinski definition) is 2. The van der Waals surface area contributed by atoms with Crippen molar-refractivity contribution < 1.29 is 19.1 Å². The fourth-order valence-electron chi connectivity index (χ4n) is 2.87. The van der Waals surface area contributed by atoms with Gasteiger partial charge in [-0.15, -0.1) is 11.3 Å². The van der Waals surface area contributed by atoms with Gasteiger partial charge in [-0.1, -0.05) is 12.1 Å². The van der Waals surface area contributed by atoms with Crippen LogP contribution in [0.2, 0.25) is 0 Å². The average Bonchev–Trinajstić information content (AvgIpc) is 3.28. The number of carbonyl (C=O) groups excluding carboxylic acids is 2. The van der Waals surface area contributed by atoms with E-state index in [0.717, 1.165) is 5.56 Å². The third-order valence-electron chi connectivity index (χ3n) is 4.38. The highest BCUT2D eigenvalue weighted by molar-refractivity contribution is 7.12. The van der Waals surface area contributed by atoms with Crippen molar-refractivity contribution in [3.8, 4) is 11.5 Å². The molecule has 3 rings (SSSR count).